The Balaban J connectivity index is 2.62. The Morgan fingerprint density at radius 2 is 1.78 bits per heavy atom. The minimum Gasteiger partial charge on any atom is -0.481 e. The van der Waals surface area contributed by atoms with Crippen LogP contribution in [0.1, 0.15) is 60.3 Å². The summed E-state index contributed by atoms with van der Waals surface area (Å²) in [6.45, 7) is 10.4. The summed E-state index contributed by atoms with van der Waals surface area (Å²) in [5, 5.41) is 11.7. The maximum Gasteiger partial charge on any atom is 0.303 e. The Kier molecular flexibility index (Phi) is 6.19. The number of carboxylic acid groups (broad SMARTS) is 1. The van der Waals surface area contributed by atoms with E-state index in [2.05, 4.69) is 5.32 Å². The number of carboxylic acids is 1. The number of carbonyl (C=O) groups is 3. The van der Waals surface area contributed by atoms with Gasteiger partial charge in [-0.2, -0.15) is 0 Å². The van der Waals surface area contributed by atoms with E-state index < -0.39 is 16.9 Å². The summed E-state index contributed by atoms with van der Waals surface area (Å²) in [4.78, 5) is 37.3. The van der Waals surface area contributed by atoms with Gasteiger partial charge < -0.3 is 15.3 Å². The summed E-state index contributed by atoms with van der Waals surface area (Å²) in [7, 11) is 0. The predicted molar refractivity (Wildman–Crippen MR) is 87.9 cm³/mol. The fourth-order valence-electron chi connectivity index (χ4n) is 2.77. The van der Waals surface area contributed by atoms with Crippen molar-refractivity contribution in [2.45, 2.75) is 65.8 Å². The van der Waals surface area contributed by atoms with Crippen LogP contribution in [0, 0.1) is 11.3 Å². The van der Waals surface area contributed by atoms with Crippen LogP contribution >= 0.6 is 0 Å². The lowest BCUT2D eigenvalue weighted by molar-refractivity contribution is -0.143. The summed E-state index contributed by atoms with van der Waals surface area (Å²) < 4.78 is 0. The zero-order valence-electron chi connectivity index (χ0n) is 14.9. The number of carbonyl (C=O) groups excluding carboxylic acids is 2. The second-order valence-electron chi connectivity index (χ2n) is 8.11. The summed E-state index contributed by atoms with van der Waals surface area (Å²) in [6, 6.07) is 0. The van der Waals surface area contributed by atoms with Crippen molar-refractivity contribution in [1.29, 1.82) is 0 Å². The SMILES string of the molecule is CC(C)(CCC(=O)O)NC(=O)C1CCCN(C(=O)C(C)(C)C)C1. The molecule has 1 aliphatic rings. The van der Waals surface area contributed by atoms with Gasteiger partial charge in [0, 0.05) is 30.5 Å². The summed E-state index contributed by atoms with van der Waals surface area (Å²) >= 11 is 0. The molecule has 1 unspecified atom stereocenters. The van der Waals surface area contributed by atoms with Crippen molar-refractivity contribution in [2.75, 3.05) is 13.1 Å². The van der Waals surface area contributed by atoms with Gasteiger partial charge in [0.1, 0.15) is 0 Å². The van der Waals surface area contributed by atoms with Crippen LogP contribution in [0.25, 0.3) is 0 Å². The molecule has 1 atom stereocenters. The number of nitrogens with one attached hydrogen (secondary N) is 1. The van der Waals surface area contributed by atoms with Crippen molar-refractivity contribution in [3.8, 4) is 0 Å². The quantitative estimate of drug-likeness (QED) is 0.809. The van der Waals surface area contributed by atoms with Gasteiger partial charge in [0.2, 0.25) is 11.8 Å². The standard InChI is InChI=1S/C17H30N2O4/c1-16(2,3)15(23)19-10-6-7-12(11-19)14(22)18-17(4,5)9-8-13(20)21/h12H,6-11H2,1-5H3,(H,18,22)(H,20,21). The van der Waals surface area contributed by atoms with Crippen molar-refractivity contribution in [1.82, 2.24) is 10.2 Å². The van der Waals surface area contributed by atoms with Gasteiger partial charge in [-0.1, -0.05) is 20.8 Å². The molecule has 0 aromatic carbocycles. The number of nitrogens with zero attached hydrogens (tertiary/aromatic N) is 1. The van der Waals surface area contributed by atoms with E-state index in [1.54, 1.807) is 4.90 Å². The smallest absolute Gasteiger partial charge is 0.303 e. The fraction of sp³-hybridized carbons (Fsp3) is 0.824. The molecule has 6 nitrogen and oxygen atoms in total. The Bertz CT molecular complexity index is 466. The van der Waals surface area contributed by atoms with E-state index in [0.717, 1.165) is 12.8 Å². The number of aliphatic carboxylic acids is 1. The lowest BCUT2D eigenvalue weighted by Crippen LogP contribution is -2.52. The average Bonchev–Trinajstić information content (AvgIpc) is 2.43. The fourth-order valence-corrected chi connectivity index (χ4v) is 2.77. The monoisotopic (exact) mass is 326 g/mol. The Labute approximate surface area is 138 Å². The molecular formula is C17H30N2O4. The molecule has 0 radical (unpaired) electrons. The van der Waals surface area contributed by atoms with Crippen LogP contribution in [0.5, 0.6) is 0 Å². The highest BCUT2D eigenvalue weighted by molar-refractivity contribution is 5.84. The topological polar surface area (TPSA) is 86.7 Å². The molecule has 1 heterocycles. The third kappa shape index (κ3) is 6.20. The van der Waals surface area contributed by atoms with Crippen LogP contribution in [0.2, 0.25) is 0 Å². The molecule has 0 saturated carbocycles. The van der Waals surface area contributed by atoms with Gasteiger partial charge in [-0.15, -0.1) is 0 Å². The van der Waals surface area contributed by atoms with Gasteiger partial charge in [0.25, 0.3) is 0 Å². The van der Waals surface area contributed by atoms with Gasteiger partial charge >= 0.3 is 5.97 Å². The summed E-state index contributed by atoms with van der Waals surface area (Å²) in [5.74, 6) is -1.11. The molecular weight excluding hydrogens is 296 g/mol. The van der Waals surface area contributed by atoms with E-state index in [-0.39, 0.29) is 24.2 Å². The van der Waals surface area contributed by atoms with E-state index >= 15 is 0 Å². The lowest BCUT2D eigenvalue weighted by atomic mass is 9.90. The van der Waals surface area contributed by atoms with Gasteiger partial charge in [-0.25, -0.2) is 0 Å². The first-order valence-electron chi connectivity index (χ1n) is 8.25. The minimum absolute atomic E-state index is 0.0204. The molecule has 2 amide bonds. The molecule has 2 N–H and O–H groups in total. The van der Waals surface area contributed by atoms with Crippen LogP contribution in [0.3, 0.4) is 0 Å². The zero-order valence-corrected chi connectivity index (χ0v) is 14.9. The van der Waals surface area contributed by atoms with Crippen molar-refractivity contribution >= 4 is 17.8 Å². The molecule has 1 fully saturated rings. The largest absolute Gasteiger partial charge is 0.481 e. The van der Waals surface area contributed by atoms with Gasteiger partial charge in [-0.05, 0) is 33.1 Å². The highest BCUT2D eigenvalue weighted by Crippen LogP contribution is 2.24. The second-order valence-corrected chi connectivity index (χ2v) is 8.11. The third-order valence-corrected chi connectivity index (χ3v) is 4.15. The number of piperidine rings is 1. The van der Waals surface area contributed by atoms with Crippen LogP contribution in [-0.4, -0.2) is 46.4 Å². The van der Waals surface area contributed by atoms with E-state index in [4.69, 9.17) is 5.11 Å². The highest BCUT2D eigenvalue weighted by atomic mass is 16.4. The first-order valence-corrected chi connectivity index (χ1v) is 8.25. The average molecular weight is 326 g/mol. The maximum atomic E-state index is 12.5. The molecule has 132 valence electrons. The zero-order chi connectivity index (χ0) is 17.8. The number of hydrogen-bond acceptors (Lipinski definition) is 3. The summed E-state index contributed by atoms with van der Waals surface area (Å²) in [5.41, 5.74) is -1.01. The third-order valence-electron chi connectivity index (χ3n) is 4.15. The van der Waals surface area contributed by atoms with Crippen molar-refractivity contribution in [3.05, 3.63) is 0 Å². The van der Waals surface area contributed by atoms with Crippen LogP contribution < -0.4 is 5.32 Å². The van der Waals surface area contributed by atoms with Crippen LogP contribution in [-0.2, 0) is 14.4 Å². The van der Waals surface area contributed by atoms with Gasteiger partial charge in [0.15, 0.2) is 0 Å². The predicted octanol–water partition coefficient (Wildman–Crippen LogP) is 2.03. The highest BCUT2D eigenvalue weighted by Gasteiger charge is 2.34. The first kappa shape index (κ1) is 19.5. The first-order chi connectivity index (χ1) is 10.4. The molecule has 1 aliphatic heterocycles. The Hall–Kier alpha value is -1.59. The number of likely N-dealkylation sites (tertiary alicyclic amines) is 1. The normalized spacial score (nSPS) is 19.3. The number of hydrogen-bond donors (Lipinski definition) is 2. The van der Waals surface area contributed by atoms with E-state index in [1.807, 2.05) is 34.6 Å². The van der Waals surface area contributed by atoms with E-state index in [9.17, 15) is 14.4 Å². The molecule has 0 spiro atoms. The Morgan fingerprint density at radius 3 is 2.30 bits per heavy atom. The maximum absolute atomic E-state index is 12.5. The molecule has 23 heavy (non-hydrogen) atoms. The van der Waals surface area contributed by atoms with E-state index in [1.165, 1.54) is 0 Å². The molecule has 6 heteroatoms. The number of amides is 2. The van der Waals surface area contributed by atoms with Gasteiger partial charge in [-0.3, -0.25) is 14.4 Å². The van der Waals surface area contributed by atoms with Gasteiger partial charge in [0.05, 0.1) is 5.92 Å². The van der Waals surface area contributed by atoms with E-state index in [0.29, 0.717) is 19.5 Å². The van der Waals surface area contributed by atoms with Crippen molar-refractivity contribution < 1.29 is 19.5 Å². The Morgan fingerprint density at radius 1 is 1.17 bits per heavy atom. The molecule has 0 aromatic heterocycles. The molecule has 0 bridgehead atoms. The molecule has 0 aliphatic carbocycles. The second kappa shape index (κ2) is 7.32. The van der Waals surface area contributed by atoms with Crippen molar-refractivity contribution in [3.63, 3.8) is 0 Å². The summed E-state index contributed by atoms with van der Waals surface area (Å²) in [6.07, 6.45) is 1.97. The van der Waals surface area contributed by atoms with Crippen molar-refractivity contribution in [2.24, 2.45) is 11.3 Å². The molecule has 1 saturated heterocycles. The number of rotatable bonds is 5. The minimum atomic E-state index is -0.869. The van der Waals surface area contributed by atoms with Crippen LogP contribution in [0.15, 0.2) is 0 Å². The molecule has 1 rings (SSSR count). The molecule has 0 aromatic rings. The lowest BCUT2D eigenvalue weighted by Gasteiger charge is -2.37. The van der Waals surface area contributed by atoms with Crippen LogP contribution in [0.4, 0.5) is 0 Å².